The minimum Gasteiger partial charge on any atom is -0.493 e. The Labute approximate surface area is 175 Å². The van der Waals surface area contributed by atoms with Gasteiger partial charge in [-0.05, 0) is 65.0 Å². The summed E-state index contributed by atoms with van der Waals surface area (Å²) in [5.41, 5.74) is 1.48. The quantitative estimate of drug-likeness (QED) is 0.602. The SMILES string of the molecule is CN=C(NCC1(N2CCCCC2)CCN(C)CC1)NC1CCOc2ccccc21. The van der Waals surface area contributed by atoms with Crippen molar-refractivity contribution in [1.82, 2.24) is 20.4 Å². The maximum absolute atomic E-state index is 5.82. The van der Waals surface area contributed by atoms with Crippen molar-refractivity contribution in [2.24, 2.45) is 4.99 Å². The van der Waals surface area contributed by atoms with E-state index in [1.54, 1.807) is 0 Å². The molecule has 1 aromatic carbocycles. The smallest absolute Gasteiger partial charge is 0.191 e. The maximum Gasteiger partial charge on any atom is 0.191 e. The van der Waals surface area contributed by atoms with Gasteiger partial charge in [0.25, 0.3) is 0 Å². The Kier molecular flexibility index (Phi) is 6.60. The molecule has 1 unspecified atom stereocenters. The lowest BCUT2D eigenvalue weighted by Crippen LogP contribution is -2.62. The summed E-state index contributed by atoms with van der Waals surface area (Å²) < 4.78 is 5.82. The first-order valence-electron chi connectivity index (χ1n) is 11.3. The van der Waals surface area contributed by atoms with Crippen LogP contribution in [0, 0.1) is 0 Å². The number of aliphatic imine (C=N–C) groups is 1. The van der Waals surface area contributed by atoms with E-state index in [0.29, 0.717) is 0 Å². The number of benzene rings is 1. The van der Waals surface area contributed by atoms with Crippen LogP contribution in [0.3, 0.4) is 0 Å². The molecule has 29 heavy (non-hydrogen) atoms. The fourth-order valence-corrected chi connectivity index (χ4v) is 5.11. The van der Waals surface area contributed by atoms with Crippen molar-refractivity contribution >= 4 is 5.96 Å². The first-order chi connectivity index (χ1) is 14.2. The first-order valence-corrected chi connectivity index (χ1v) is 11.3. The van der Waals surface area contributed by atoms with Gasteiger partial charge in [0, 0.05) is 31.1 Å². The van der Waals surface area contributed by atoms with E-state index in [2.05, 4.69) is 50.7 Å². The van der Waals surface area contributed by atoms with Crippen LogP contribution in [0.4, 0.5) is 0 Å². The Morgan fingerprint density at radius 2 is 1.90 bits per heavy atom. The van der Waals surface area contributed by atoms with Crippen LogP contribution >= 0.6 is 0 Å². The minimum absolute atomic E-state index is 0.245. The van der Waals surface area contributed by atoms with Crippen molar-refractivity contribution in [3.63, 3.8) is 0 Å². The number of para-hydroxylation sites is 1. The third-order valence-electron chi connectivity index (χ3n) is 7.02. The number of hydrogen-bond donors (Lipinski definition) is 2. The lowest BCUT2D eigenvalue weighted by Gasteiger charge is -2.50. The second kappa shape index (κ2) is 9.35. The van der Waals surface area contributed by atoms with Gasteiger partial charge in [-0.15, -0.1) is 0 Å². The number of nitrogens with zero attached hydrogens (tertiary/aromatic N) is 3. The number of fused-ring (bicyclic) bond motifs is 1. The number of hydrogen-bond acceptors (Lipinski definition) is 4. The number of piperidine rings is 2. The fraction of sp³-hybridized carbons (Fsp3) is 0.696. The standard InChI is InChI=1S/C23H37N5O/c1-24-22(26-20-10-17-29-21-9-5-4-8-19(20)21)25-18-23(11-15-27(2)16-12-23)28-13-6-3-7-14-28/h4-5,8-9,20H,3,6-7,10-18H2,1-2H3,(H2,24,25,26). The van der Waals surface area contributed by atoms with E-state index in [4.69, 9.17) is 4.74 Å². The van der Waals surface area contributed by atoms with Gasteiger partial charge in [0.15, 0.2) is 5.96 Å². The zero-order valence-corrected chi connectivity index (χ0v) is 18.1. The Bertz CT molecular complexity index is 692. The fourth-order valence-electron chi connectivity index (χ4n) is 5.11. The van der Waals surface area contributed by atoms with Gasteiger partial charge in [-0.2, -0.15) is 0 Å². The molecule has 0 radical (unpaired) electrons. The molecule has 0 spiro atoms. The highest BCUT2D eigenvalue weighted by Crippen LogP contribution is 2.32. The minimum atomic E-state index is 0.245. The predicted molar refractivity (Wildman–Crippen MR) is 119 cm³/mol. The van der Waals surface area contributed by atoms with Crippen LogP contribution in [0.1, 0.15) is 50.1 Å². The summed E-state index contributed by atoms with van der Waals surface area (Å²) in [4.78, 5) is 9.79. The number of ether oxygens (including phenoxy) is 1. The number of likely N-dealkylation sites (tertiary alicyclic amines) is 2. The molecule has 0 aromatic heterocycles. The van der Waals surface area contributed by atoms with Gasteiger partial charge >= 0.3 is 0 Å². The molecular formula is C23H37N5O. The van der Waals surface area contributed by atoms with Crippen LogP contribution in [-0.2, 0) is 0 Å². The number of guanidine groups is 1. The van der Waals surface area contributed by atoms with Crippen molar-refractivity contribution < 1.29 is 4.74 Å². The van der Waals surface area contributed by atoms with Crippen molar-refractivity contribution in [2.45, 2.75) is 50.1 Å². The number of rotatable bonds is 4. The summed E-state index contributed by atoms with van der Waals surface area (Å²) in [6, 6.07) is 8.59. The highest BCUT2D eigenvalue weighted by Gasteiger charge is 2.39. The molecule has 6 heteroatoms. The molecule has 2 N–H and O–H groups in total. The topological polar surface area (TPSA) is 52.1 Å². The Balaban J connectivity index is 1.42. The zero-order chi connectivity index (χ0) is 20.1. The highest BCUT2D eigenvalue weighted by molar-refractivity contribution is 5.80. The van der Waals surface area contributed by atoms with Gasteiger partial charge in [-0.3, -0.25) is 9.89 Å². The van der Waals surface area contributed by atoms with E-state index >= 15 is 0 Å². The predicted octanol–water partition coefficient (Wildman–Crippen LogP) is 2.63. The van der Waals surface area contributed by atoms with E-state index in [0.717, 1.165) is 31.3 Å². The van der Waals surface area contributed by atoms with Gasteiger partial charge in [-0.25, -0.2) is 0 Å². The van der Waals surface area contributed by atoms with Gasteiger partial charge < -0.3 is 20.3 Å². The van der Waals surface area contributed by atoms with Crippen LogP contribution in [0.25, 0.3) is 0 Å². The monoisotopic (exact) mass is 399 g/mol. The lowest BCUT2D eigenvalue weighted by molar-refractivity contribution is 0.0172. The molecule has 3 aliphatic rings. The molecular weight excluding hydrogens is 362 g/mol. The van der Waals surface area contributed by atoms with Gasteiger partial charge in [-0.1, -0.05) is 24.6 Å². The summed E-state index contributed by atoms with van der Waals surface area (Å²) in [5, 5.41) is 7.37. The molecule has 4 rings (SSSR count). The molecule has 3 heterocycles. The van der Waals surface area contributed by atoms with Crippen LogP contribution < -0.4 is 15.4 Å². The molecule has 1 atom stereocenters. The van der Waals surface area contributed by atoms with E-state index in [1.165, 1.54) is 63.8 Å². The van der Waals surface area contributed by atoms with E-state index in [-0.39, 0.29) is 11.6 Å². The van der Waals surface area contributed by atoms with Gasteiger partial charge in [0.05, 0.1) is 12.6 Å². The van der Waals surface area contributed by atoms with Crippen LogP contribution in [0.5, 0.6) is 5.75 Å². The average Bonchev–Trinajstić information content (AvgIpc) is 2.78. The number of nitrogens with one attached hydrogen (secondary N) is 2. The van der Waals surface area contributed by atoms with E-state index < -0.39 is 0 Å². The summed E-state index contributed by atoms with van der Waals surface area (Å²) in [6.45, 7) is 6.55. The summed E-state index contributed by atoms with van der Waals surface area (Å²) in [7, 11) is 4.12. The average molecular weight is 400 g/mol. The molecule has 160 valence electrons. The van der Waals surface area contributed by atoms with Crippen molar-refractivity contribution in [1.29, 1.82) is 0 Å². The van der Waals surface area contributed by atoms with Gasteiger partial charge in [0.2, 0.25) is 0 Å². The molecule has 2 fully saturated rings. The maximum atomic E-state index is 5.82. The van der Waals surface area contributed by atoms with Crippen LogP contribution in [0.15, 0.2) is 29.3 Å². The van der Waals surface area contributed by atoms with E-state index in [9.17, 15) is 0 Å². The van der Waals surface area contributed by atoms with Crippen LogP contribution in [-0.4, -0.2) is 74.7 Å². The molecule has 0 saturated carbocycles. The zero-order valence-electron chi connectivity index (χ0n) is 18.1. The lowest BCUT2D eigenvalue weighted by atomic mass is 9.84. The first kappa shape index (κ1) is 20.5. The second-order valence-corrected chi connectivity index (χ2v) is 8.87. The summed E-state index contributed by atoms with van der Waals surface area (Å²) >= 11 is 0. The molecule has 2 saturated heterocycles. The normalized spacial score (nSPS) is 25.7. The Morgan fingerprint density at radius 3 is 2.66 bits per heavy atom. The van der Waals surface area contributed by atoms with Crippen molar-refractivity contribution in [3.8, 4) is 5.75 Å². The van der Waals surface area contributed by atoms with Crippen molar-refractivity contribution in [3.05, 3.63) is 29.8 Å². The molecule has 3 aliphatic heterocycles. The van der Waals surface area contributed by atoms with Crippen molar-refractivity contribution in [2.75, 3.05) is 53.4 Å². The molecule has 6 nitrogen and oxygen atoms in total. The largest absolute Gasteiger partial charge is 0.493 e. The Hall–Kier alpha value is -1.79. The highest BCUT2D eigenvalue weighted by atomic mass is 16.5. The molecule has 0 amide bonds. The third-order valence-corrected chi connectivity index (χ3v) is 7.02. The van der Waals surface area contributed by atoms with Gasteiger partial charge in [0.1, 0.15) is 5.75 Å². The summed E-state index contributed by atoms with van der Waals surface area (Å²) in [6.07, 6.45) is 7.47. The molecule has 0 aliphatic carbocycles. The second-order valence-electron chi connectivity index (χ2n) is 8.87. The van der Waals surface area contributed by atoms with Crippen LogP contribution in [0.2, 0.25) is 0 Å². The molecule has 0 bridgehead atoms. The van der Waals surface area contributed by atoms with E-state index in [1.807, 2.05) is 13.1 Å². The molecule has 1 aromatic rings. The summed E-state index contributed by atoms with van der Waals surface area (Å²) in [5.74, 6) is 1.90. The third kappa shape index (κ3) is 4.69. The Morgan fingerprint density at radius 1 is 1.14 bits per heavy atom.